The van der Waals surface area contributed by atoms with E-state index >= 15 is 0 Å². The first-order valence-corrected chi connectivity index (χ1v) is 5.81. The minimum absolute atomic E-state index is 0.118. The maximum absolute atomic E-state index is 11.4. The summed E-state index contributed by atoms with van der Waals surface area (Å²) in [7, 11) is 0. The lowest BCUT2D eigenvalue weighted by atomic mass is 10.2. The van der Waals surface area contributed by atoms with Crippen LogP contribution in [0.5, 0.6) is 5.75 Å². The van der Waals surface area contributed by atoms with Gasteiger partial charge in [0.15, 0.2) is 11.4 Å². The van der Waals surface area contributed by atoms with E-state index in [4.69, 9.17) is 0 Å². The Bertz CT molecular complexity index is 760. The average Bonchev–Trinajstić information content (AvgIpc) is 2.74. The second-order valence-corrected chi connectivity index (χ2v) is 4.19. The molecule has 0 amide bonds. The number of carboxylic acid groups (broad SMARTS) is 1. The highest BCUT2D eigenvalue weighted by Gasteiger charge is 2.22. The predicted octanol–water partition coefficient (Wildman–Crippen LogP) is 3.03. The minimum Gasteiger partial charge on any atom is -0.505 e. The molecule has 2 N–H and O–H groups in total. The summed E-state index contributed by atoms with van der Waals surface area (Å²) in [6.45, 7) is 0. The average molecular weight is 253 g/mol. The summed E-state index contributed by atoms with van der Waals surface area (Å²) < 4.78 is 1.55. The van der Waals surface area contributed by atoms with E-state index in [9.17, 15) is 15.0 Å². The number of carbonyl (C=O) groups is 1. The van der Waals surface area contributed by atoms with Gasteiger partial charge in [0.05, 0.1) is 5.52 Å². The van der Waals surface area contributed by atoms with E-state index in [-0.39, 0.29) is 11.4 Å². The van der Waals surface area contributed by atoms with Crippen molar-refractivity contribution in [2.45, 2.75) is 0 Å². The van der Waals surface area contributed by atoms with Crippen molar-refractivity contribution in [3.8, 4) is 11.4 Å². The Balaban J connectivity index is 2.46. The monoisotopic (exact) mass is 253 g/mol. The molecule has 0 atom stereocenters. The molecule has 0 bridgehead atoms. The maximum atomic E-state index is 11.4. The van der Waals surface area contributed by atoms with E-state index in [1.54, 1.807) is 34.9 Å². The lowest BCUT2D eigenvalue weighted by Crippen LogP contribution is -2.06. The van der Waals surface area contributed by atoms with Gasteiger partial charge >= 0.3 is 5.97 Å². The number of hydrogen-bond donors (Lipinski definition) is 2. The number of aromatic nitrogens is 1. The fourth-order valence-corrected chi connectivity index (χ4v) is 2.26. The summed E-state index contributed by atoms with van der Waals surface area (Å²) in [5, 5.41) is 20.0. The number of benzene rings is 2. The van der Waals surface area contributed by atoms with Crippen molar-refractivity contribution in [3.05, 3.63) is 60.3 Å². The number of hydrogen-bond acceptors (Lipinski definition) is 2. The Kier molecular flexibility index (Phi) is 2.49. The van der Waals surface area contributed by atoms with Gasteiger partial charge in [-0.15, -0.1) is 0 Å². The van der Waals surface area contributed by atoms with Gasteiger partial charge in [-0.05, 0) is 24.3 Å². The number of aromatic carboxylic acids is 1. The van der Waals surface area contributed by atoms with Gasteiger partial charge in [-0.1, -0.05) is 30.3 Å². The normalized spacial score (nSPS) is 10.7. The zero-order chi connectivity index (χ0) is 13.4. The predicted molar refractivity (Wildman–Crippen MR) is 71.9 cm³/mol. The molecule has 19 heavy (non-hydrogen) atoms. The molecular weight excluding hydrogens is 242 g/mol. The summed E-state index contributed by atoms with van der Waals surface area (Å²) in [6, 6.07) is 16.2. The lowest BCUT2D eigenvalue weighted by Gasteiger charge is -2.07. The Morgan fingerprint density at radius 1 is 0.947 bits per heavy atom. The van der Waals surface area contributed by atoms with Gasteiger partial charge in [-0.25, -0.2) is 4.79 Å². The van der Waals surface area contributed by atoms with E-state index in [0.29, 0.717) is 16.6 Å². The highest BCUT2D eigenvalue weighted by molar-refractivity contribution is 6.01. The summed E-state index contributed by atoms with van der Waals surface area (Å²) in [5.74, 6) is -1.36. The van der Waals surface area contributed by atoms with Gasteiger partial charge < -0.3 is 14.8 Å². The van der Waals surface area contributed by atoms with E-state index in [0.717, 1.165) is 0 Å². The van der Waals surface area contributed by atoms with Gasteiger partial charge in [0, 0.05) is 11.1 Å². The van der Waals surface area contributed by atoms with Crippen LogP contribution in [0, 0.1) is 0 Å². The Morgan fingerprint density at radius 3 is 2.26 bits per heavy atom. The van der Waals surface area contributed by atoms with E-state index in [2.05, 4.69) is 0 Å². The standard InChI is InChI=1S/C15H11NO3/c17-14-11-8-4-5-9-12(11)16(13(14)15(18)19)10-6-2-1-3-7-10/h1-9,17H,(H,18,19). The van der Waals surface area contributed by atoms with Crippen molar-refractivity contribution in [1.29, 1.82) is 0 Å². The molecule has 4 nitrogen and oxygen atoms in total. The van der Waals surface area contributed by atoms with Crippen molar-refractivity contribution >= 4 is 16.9 Å². The number of rotatable bonds is 2. The van der Waals surface area contributed by atoms with E-state index in [1.807, 2.05) is 24.3 Å². The molecule has 0 aliphatic rings. The molecule has 94 valence electrons. The van der Waals surface area contributed by atoms with Gasteiger partial charge in [0.2, 0.25) is 0 Å². The van der Waals surface area contributed by atoms with Crippen LogP contribution in [0.1, 0.15) is 10.5 Å². The van der Waals surface area contributed by atoms with Crippen LogP contribution in [0.4, 0.5) is 0 Å². The SMILES string of the molecule is O=C(O)c1c(O)c2ccccc2n1-c1ccccc1. The third-order valence-electron chi connectivity index (χ3n) is 3.06. The molecule has 0 aliphatic heterocycles. The zero-order valence-corrected chi connectivity index (χ0v) is 9.95. The first kappa shape index (κ1) is 11.3. The van der Waals surface area contributed by atoms with Crippen molar-refractivity contribution in [2.75, 3.05) is 0 Å². The summed E-state index contributed by atoms with van der Waals surface area (Å²) >= 11 is 0. The van der Waals surface area contributed by atoms with Crippen LogP contribution in [0.2, 0.25) is 0 Å². The molecule has 0 radical (unpaired) electrons. The highest BCUT2D eigenvalue weighted by Crippen LogP contribution is 2.34. The smallest absolute Gasteiger partial charge is 0.356 e. The van der Waals surface area contributed by atoms with Gasteiger partial charge in [0.1, 0.15) is 0 Å². The summed E-state index contributed by atoms with van der Waals surface area (Å²) in [6.07, 6.45) is 0. The molecule has 3 aromatic rings. The van der Waals surface area contributed by atoms with Crippen LogP contribution in [-0.2, 0) is 0 Å². The van der Waals surface area contributed by atoms with Crippen molar-refractivity contribution < 1.29 is 15.0 Å². The Labute approximate surface area is 109 Å². The van der Waals surface area contributed by atoms with Crippen molar-refractivity contribution in [3.63, 3.8) is 0 Å². The molecule has 3 rings (SSSR count). The fraction of sp³-hybridized carbons (Fsp3) is 0. The summed E-state index contributed by atoms with van der Waals surface area (Å²) in [5.41, 5.74) is 1.26. The van der Waals surface area contributed by atoms with Gasteiger partial charge in [0.25, 0.3) is 0 Å². The van der Waals surface area contributed by atoms with Crippen LogP contribution < -0.4 is 0 Å². The number of fused-ring (bicyclic) bond motifs is 1. The third kappa shape index (κ3) is 1.65. The van der Waals surface area contributed by atoms with E-state index in [1.165, 1.54) is 0 Å². The first-order chi connectivity index (χ1) is 9.20. The van der Waals surface area contributed by atoms with Crippen molar-refractivity contribution in [1.82, 2.24) is 4.57 Å². The minimum atomic E-state index is -1.16. The number of carboxylic acids is 1. The molecule has 0 saturated carbocycles. The molecule has 0 saturated heterocycles. The molecule has 4 heteroatoms. The van der Waals surface area contributed by atoms with E-state index < -0.39 is 5.97 Å². The summed E-state index contributed by atoms with van der Waals surface area (Å²) in [4.78, 5) is 11.4. The zero-order valence-electron chi connectivity index (χ0n) is 9.95. The molecule has 0 fully saturated rings. The largest absolute Gasteiger partial charge is 0.505 e. The van der Waals surface area contributed by atoms with Gasteiger partial charge in [-0.2, -0.15) is 0 Å². The van der Waals surface area contributed by atoms with Crippen LogP contribution in [0.25, 0.3) is 16.6 Å². The fourth-order valence-electron chi connectivity index (χ4n) is 2.26. The molecule has 0 spiro atoms. The van der Waals surface area contributed by atoms with Crippen LogP contribution >= 0.6 is 0 Å². The second-order valence-electron chi connectivity index (χ2n) is 4.19. The molecule has 1 heterocycles. The number of para-hydroxylation sites is 2. The molecule has 0 unspecified atom stereocenters. The molecule has 1 aromatic heterocycles. The van der Waals surface area contributed by atoms with Crippen LogP contribution in [0.3, 0.4) is 0 Å². The second kappa shape index (κ2) is 4.17. The number of nitrogens with zero attached hydrogens (tertiary/aromatic N) is 1. The van der Waals surface area contributed by atoms with Crippen molar-refractivity contribution in [2.24, 2.45) is 0 Å². The quantitative estimate of drug-likeness (QED) is 0.737. The highest BCUT2D eigenvalue weighted by atomic mass is 16.4. The maximum Gasteiger partial charge on any atom is 0.356 e. The lowest BCUT2D eigenvalue weighted by molar-refractivity contribution is 0.0685. The Hall–Kier alpha value is -2.75. The molecular formula is C15H11NO3. The number of aromatic hydroxyl groups is 1. The Morgan fingerprint density at radius 2 is 1.58 bits per heavy atom. The molecule has 0 aliphatic carbocycles. The van der Waals surface area contributed by atoms with Crippen LogP contribution in [0.15, 0.2) is 54.6 Å². The van der Waals surface area contributed by atoms with Crippen LogP contribution in [-0.4, -0.2) is 20.7 Å². The first-order valence-electron chi connectivity index (χ1n) is 5.81. The molecule has 2 aromatic carbocycles. The van der Waals surface area contributed by atoms with Gasteiger partial charge in [-0.3, -0.25) is 0 Å². The third-order valence-corrected chi connectivity index (χ3v) is 3.06. The topological polar surface area (TPSA) is 62.5 Å².